The molecule has 1 atom stereocenters. The molecular formula is C14H16FNO3. The van der Waals surface area contributed by atoms with Crippen LogP contribution in [0, 0.1) is 18.2 Å². The number of likely N-dealkylation sites (tertiary alicyclic amines) is 1. The number of aryl methyl sites for hydroxylation is 1. The van der Waals surface area contributed by atoms with Crippen LogP contribution >= 0.6 is 0 Å². The fourth-order valence-corrected chi connectivity index (χ4v) is 2.27. The fraction of sp³-hybridized carbons (Fsp3) is 0.429. The molecule has 0 unspecified atom stereocenters. The van der Waals surface area contributed by atoms with Crippen LogP contribution in [0.25, 0.3) is 0 Å². The Hall–Kier alpha value is -1.91. The minimum absolute atomic E-state index is 0.000221. The van der Waals surface area contributed by atoms with Crippen LogP contribution < -0.4 is 0 Å². The lowest BCUT2D eigenvalue weighted by Gasteiger charge is -2.20. The molecule has 0 radical (unpaired) electrons. The van der Waals surface area contributed by atoms with Gasteiger partial charge in [0.05, 0.1) is 11.0 Å². The van der Waals surface area contributed by atoms with Crippen LogP contribution in [0.2, 0.25) is 0 Å². The zero-order valence-corrected chi connectivity index (χ0v) is 10.9. The summed E-state index contributed by atoms with van der Waals surface area (Å²) in [6.45, 7) is 3.81. The first-order valence-corrected chi connectivity index (χ1v) is 6.12. The molecule has 1 aliphatic heterocycles. The fourth-order valence-electron chi connectivity index (χ4n) is 2.27. The second-order valence-corrected chi connectivity index (χ2v) is 5.33. The van der Waals surface area contributed by atoms with E-state index >= 15 is 0 Å². The van der Waals surface area contributed by atoms with Crippen LogP contribution in [-0.4, -0.2) is 35.0 Å². The first-order valence-electron chi connectivity index (χ1n) is 6.12. The standard InChI is InChI=1S/C14H16FNO3/c1-9-3-4-10(11(15)7-9)12(17)16-6-5-14(2,8-16)13(18)19/h3-4,7H,5-6,8H2,1-2H3,(H,18,19)/t14-/m1/s1. The van der Waals surface area contributed by atoms with E-state index in [-0.39, 0.29) is 12.1 Å². The van der Waals surface area contributed by atoms with Gasteiger partial charge >= 0.3 is 5.97 Å². The number of carboxylic acid groups (broad SMARTS) is 1. The molecule has 0 spiro atoms. The molecule has 1 heterocycles. The van der Waals surface area contributed by atoms with Crippen molar-refractivity contribution in [3.8, 4) is 0 Å². The van der Waals surface area contributed by atoms with E-state index in [1.165, 1.54) is 17.0 Å². The number of carbonyl (C=O) groups excluding carboxylic acids is 1. The SMILES string of the molecule is Cc1ccc(C(=O)N2CC[C@@](C)(C(=O)O)C2)c(F)c1. The van der Waals surface area contributed by atoms with Crippen molar-refractivity contribution in [2.45, 2.75) is 20.3 Å². The molecule has 102 valence electrons. The minimum atomic E-state index is -0.934. The third kappa shape index (κ3) is 2.45. The molecule has 1 amide bonds. The summed E-state index contributed by atoms with van der Waals surface area (Å²) in [5.41, 5.74) is -0.192. The number of hydrogen-bond acceptors (Lipinski definition) is 2. The van der Waals surface area contributed by atoms with E-state index in [9.17, 15) is 14.0 Å². The molecule has 0 saturated carbocycles. The van der Waals surface area contributed by atoms with Crippen molar-refractivity contribution in [2.24, 2.45) is 5.41 Å². The molecule has 0 bridgehead atoms. The van der Waals surface area contributed by atoms with Crippen LogP contribution in [0.1, 0.15) is 29.3 Å². The van der Waals surface area contributed by atoms with Gasteiger partial charge in [0.25, 0.3) is 5.91 Å². The normalized spacial score (nSPS) is 22.6. The van der Waals surface area contributed by atoms with Gasteiger partial charge in [-0.05, 0) is 38.0 Å². The first kappa shape index (κ1) is 13.5. The highest BCUT2D eigenvalue weighted by atomic mass is 19.1. The van der Waals surface area contributed by atoms with E-state index in [4.69, 9.17) is 5.11 Å². The number of hydrogen-bond donors (Lipinski definition) is 1. The largest absolute Gasteiger partial charge is 0.481 e. The average Bonchev–Trinajstić information content (AvgIpc) is 2.73. The number of rotatable bonds is 2. The Kier molecular flexibility index (Phi) is 3.30. The van der Waals surface area contributed by atoms with Crippen molar-refractivity contribution in [3.05, 3.63) is 35.1 Å². The van der Waals surface area contributed by atoms with Crippen LogP contribution in [0.3, 0.4) is 0 Å². The molecule has 4 nitrogen and oxygen atoms in total. The first-order chi connectivity index (χ1) is 8.83. The zero-order chi connectivity index (χ0) is 14.2. The van der Waals surface area contributed by atoms with E-state index in [0.717, 1.165) is 5.56 Å². The van der Waals surface area contributed by atoms with Gasteiger partial charge in [-0.3, -0.25) is 9.59 Å². The number of aliphatic carboxylic acids is 1. The van der Waals surface area contributed by atoms with Gasteiger partial charge in [-0.1, -0.05) is 6.07 Å². The Balaban J connectivity index is 2.20. The van der Waals surface area contributed by atoms with Gasteiger partial charge in [0.2, 0.25) is 0 Å². The average molecular weight is 265 g/mol. The maximum atomic E-state index is 13.7. The molecule has 1 aliphatic rings. The predicted octanol–water partition coefficient (Wildman–Crippen LogP) is 2.07. The van der Waals surface area contributed by atoms with Crippen LogP contribution in [0.5, 0.6) is 0 Å². The molecule has 0 aliphatic carbocycles. The van der Waals surface area contributed by atoms with Crippen molar-refractivity contribution in [3.63, 3.8) is 0 Å². The smallest absolute Gasteiger partial charge is 0.311 e. The Bertz CT molecular complexity index is 543. The van der Waals surface area contributed by atoms with Gasteiger partial charge in [0.15, 0.2) is 0 Å². The van der Waals surface area contributed by atoms with E-state index in [2.05, 4.69) is 0 Å². The third-order valence-electron chi connectivity index (χ3n) is 3.63. The number of carboxylic acids is 1. The molecule has 19 heavy (non-hydrogen) atoms. The summed E-state index contributed by atoms with van der Waals surface area (Å²) in [5, 5.41) is 9.12. The van der Waals surface area contributed by atoms with Gasteiger partial charge in [0.1, 0.15) is 5.82 Å². The summed E-state index contributed by atoms with van der Waals surface area (Å²) in [7, 11) is 0. The summed E-state index contributed by atoms with van der Waals surface area (Å²) in [6, 6.07) is 4.42. The van der Waals surface area contributed by atoms with Crippen molar-refractivity contribution >= 4 is 11.9 Å². The molecular weight excluding hydrogens is 249 g/mol. The second kappa shape index (κ2) is 4.64. The van der Waals surface area contributed by atoms with Crippen molar-refractivity contribution in [2.75, 3.05) is 13.1 Å². The lowest BCUT2D eigenvalue weighted by molar-refractivity contribution is -0.147. The number of halogens is 1. The van der Waals surface area contributed by atoms with Gasteiger partial charge in [-0.25, -0.2) is 4.39 Å². The van der Waals surface area contributed by atoms with Crippen molar-refractivity contribution in [1.29, 1.82) is 0 Å². The topological polar surface area (TPSA) is 57.6 Å². The molecule has 1 N–H and O–H groups in total. The van der Waals surface area contributed by atoms with E-state index in [1.54, 1.807) is 19.9 Å². The van der Waals surface area contributed by atoms with Gasteiger partial charge in [-0.2, -0.15) is 0 Å². The van der Waals surface area contributed by atoms with Gasteiger partial charge in [0, 0.05) is 13.1 Å². The highest BCUT2D eigenvalue weighted by Gasteiger charge is 2.42. The Morgan fingerprint density at radius 3 is 2.63 bits per heavy atom. The van der Waals surface area contributed by atoms with Crippen molar-refractivity contribution in [1.82, 2.24) is 4.90 Å². The number of nitrogens with zero attached hydrogens (tertiary/aromatic N) is 1. The van der Waals surface area contributed by atoms with Crippen LogP contribution in [0.4, 0.5) is 4.39 Å². The van der Waals surface area contributed by atoms with E-state index < -0.39 is 23.1 Å². The maximum Gasteiger partial charge on any atom is 0.311 e. The summed E-state index contributed by atoms with van der Waals surface area (Å²) in [6.07, 6.45) is 0.390. The molecule has 0 aromatic heterocycles. The molecule has 5 heteroatoms. The lowest BCUT2D eigenvalue weighted by Crippen LogP contribution is -2.35. The molecule has 1 saturated heterocycles. The third-order valence-corrected chi connectivity index (χ3v) is 3.63. The van der Waals surface area contributed by atoms with Gasteiger partial charge in [-0.15, -0.1) is 0 Å². The van der Waals surface area contributed by atoms with Crippen molar-refractivity contribution < 1.29 is 19.1 Å². The Labute approximate surface area is 110 Å². The zero-order valence-electron chi connectivity index (χ0n) is 10.9. The van der Waals surface area contributed by atoms with Gasteiger partial charge < -0.3 is 10.0 Å². The highest BCUT2D eigenvalue weighted by molar-refractivity contribution is 5.95. The summed E-state index contributed by atoms with van der Waals surface area (Å²) in [5.74, 6) is -1.93. The van der Waals surface area contributed by atoms with Crippen LogP contribution in [-0.2, 0) is 4.79 Å². The molecule has 1 fully saturated rings. The minimum Gasteiger partial charge on any atom is -0.481 e. The quantitative estimate of drug-likeness (QED) is 0.890. The maximum absolute atomic E-state index is 13.7. The van der Waals surface area contributed by atoms with E-state index in [1.807, 2.05) is 0 Å². The number of carbonyl (C=O) groups is 2. The Morgan fingerprint density at radius 1 is 1.42 bits per heavy atom. The molecule has 1 aromatic carbocycles. The highest BCUT2D eigenvalue weighted by Crippen LogP contribution is 2.31. The molecule has 2 rings (SSSR count). The monoisotopic (exact) mass is 265 g/mol. The number of amides is 1. The van der Waals surface area contributed by atoms with Crippen LogP contribution in [0.15, 0.2) is 18.2 Å². The predicted molar refractivity (Wildman–Crippen MR) is 67.4 cm³/mol. The van der Waals surface area contributed by atoms with E-state index in [0.29, 0.717) is 13.0 Å². The number of benzene rings is 1. The Morgan fingerprint density at radius 2 is 2.11 bits per heavy atom. The molecule has 1 aromatic rings. The second-order valence-electron chi connectivity index (χ2n) is 5.33. The summed E-state index contributed by atoms with van der Waals surface area (Å²) >= 11 is 0. The summed E-state index contributed by atoms with van der Waals surface area (Å²) in [4.78, 5) is 24.7. The lowest BCUT2D eigenvalue weighted by atomic mass is 9.90. The summed E-state index contributed by atoms with van der Waals surface area (Å²) < 4.78 is 13.7.